The van der Waals surface area contributed by atoms with E-state index in [0.29, 0.717) is 37.6 Å². The Hall–Kier alpha value is -2.55. The van der Waals surface area contributed by atoms with Crippen LogP contribution in [0.25, 0.3) is 0 Å². The molecule has 9 heteroatoms. The fourth-order valence-corrected chi connectivity index (χ4v) is 3.49. The third-order valence-corrected chi connectivity index (χ3v) is 5.31. The Labute approximate surface area is 178 Å². The van der Waals surface area contributed by atoms with E-state index >= 15 is 0 Å². The molecule has 0 radical (unpaired) electrons. The number of hydrogen-bond donors (Lipinski definition) is 2. The van der Waals surface area contributed by atoms with Gasteiger partial charge < -0.3 is 10.6 Å². The fraction of sp³-hybridized carbons (Fsp3) is 0.333. The molecule has 160 valence electrons. The Bertz CT molecular complexity index is 920. The molecule has 2 aromatic rings. The zero-order valence-corrected chi connectivity index (χ0v) is 17.3. The average Bonchev–Trinajstić information content (AvgIpc) is 2.70. The first kappa shape index (κ1) is 22.1. The van der Waals surface area contributed by atoms with Gasteiger partial charge in [0.2, 0.25) is 11.8 Å². The van der Waals surface area contributed by atoms with Crippen LogP contribution in [0, 0.1) is 11.6 Å². The predicted molar refractivity (Wildman–Crippen MR) is 113 cm³/mol. The number of rotatable bonds is 6. The van der Waals surface area contributed by atoms with Crippen molar-refractivity contribution in [1.82, 2.24) is 9.80 Å². The summed E-state index contributed by atoms with van der Waals surface area (Å²) in [5.41, 5.74) is 0.783. The number of carbonyl (C=O) groups is 2. The summed E-state index contributed by atoms with van der Waals surface area (Å²) in [4.78, 5) is 28.7. The molecule has 1 atom stereocenters. The van der Waals surface area contributed by atoms with Crippen LogP contribution >= 0.6 is 11.6 Å². The summed E-state index contributed by atoms with van der Waals surface area (Å²) < 4.78 is 26.4. The van der Waals surface area contributed by atoms with Crippen molar-refractivity contribution in [2.75, 3.05) is 43.4 Å². The van der Waals surface area contributed by atoms with Crippen LogP contribution in [0.15, 0.2) is 42.5 Å². The lowest BCUT2D eigenvalue weighted by molar-refractivity contribution is -0.122. The Balaban J connectivity index is 1.46. The number of anilines is 2. The van der Waals surface area contributed by atoms with E-state index in [1.54, 1.807) is 13.0 Å². The normalized spacial score (nSPS) is 16.1. The fourth-order valence-electron chi connectivity index (χ4n) is 3.27. The van der Waals surface area contributed by atoms with Crippen molar-refractivity contribution in [2.45, 2.75) is 13.0 Å². The van der Waals surface area contributed by atoms with Gasteiger partial charge >= 0.3 is 0 Å². The van der Waals surface area contributed by atoms with Gasteiger partial charge in [0, 0.05) is 31.9 Å². The molecule has 2 N–H and O–H groups in total. The summed E-state index contributed by atoms with van der Waals surface area (Å²) in [6, 6.07) is 9.16. The van der Waals surface area contributed by atoms with E-state index in [4.69, 9.17) is 11.6 Å². The summed E-state index contributed by atoms with van der Waals surface area (Å²) in [6.45, 7) is 4.43. The third-order valence-electron chi connectivity index (χ3n) is 5.00. The van der Waals surface area contributed by atoms with Crippen LogP contribution in [0.1, 0.15) is 6.92 Å². The summed E-state index contributed by atoms with van der Waals surface area (Å²) in [6.07, 6.45) is 0. The van der Waals surface area contributed by atoms with Gasteiger partial charge in [-0.1, -0.05) is 17.7 Å². The van der Waals surface area contributed by atoms with E-state index in [9.17, 15) is 18.4 Å². The first-order valence-corrected chi connectivity index (χ1v) is 9.97. The summed E-state index contributed by atoms with van der Waals surface area (Å²) >= 11 is 5.96. The molecule has 1 saturated heterocycles. The van der Waals surface area contributed by atoms with Crippen LogP contribution in [0.2, 0.25) is 5.02 Å². The predicted octanol–water partition coefficient (Wildman–Crippen LogP) is 3.20. The second-order valence-corrected chi connectivity index (χ2v) is 7.57. The molecule has 0 saturated carbocycles. The molecule has 0 aliphatic carbocycles. The minimum Gasteiger partial charge on any atom is -0.325 e. The minimum atomic E-state index is -0.469. The number of nitrogens with one attached hydrogen (secondary N) is 2. The summed E-state index contributed by atoms with van der Waals surface area (Å²) in [5, 5.41) is 5.55. The van der Waals surface area contributed by atoms with E-state index in [2.05, 4.69) is 10.6 Å². The van der Waals surface area contributed by atoms with Crippen molar-refractivity contribution in [2.24, 2.45) is 0 Å². The molecule has 2 amide bonds. The van der Waals surface area contributed by atoms with Crippen molar-refractivity contribution >= 4 is 34.8 Å². The highest BCUT2D eigenvalue weighted by Gasteiger charge is 2.26. The molecular weight excluding hydrogens is 414 g/mol. The lowest BCUT2D eigenvalue weighted by Crippen LogP contribution is -2.53. The first-order valence-electron chi connectivity index (χ1n) is 9.59. The quantitative estimate of drug-likeness (QED) is 0.730. The number of benzene rings is 2. The highest BCUT2D eigenvalue weighted by Crippen LogP contribution is 2.23. The van der Waals surface area contributed by atoms with Crippen LogP contribution in [0.3, 0.4) is 0 Å². The molecule has 3 rings (SSSR count). The van der Waals surface area contributed by atoms with E-state index in [1.807, 2.05) is 9.80 Å². The Morgan fingerprint density at radius 3 is 2.40 bits per heavy atom. The van der Waals surface area contributed by atoms with E-state index in [1.165, 1.54) is 30.3 Å². The van der Waals surface area contributed by atoms with Crippen molar-refractivity contribution in [1.29, 1.82) is 0 Å². The van der Waals surface area contributed by atoms with Crippen molar-refractivity contribution in [3.8, 4) is 0 Å². The second-order valence-electron chi connectivity index (χ2n) is 7.16. The van der Waals surface area contributed by atoms with E-state index in [-0.39, 0.29) is 23.4 Å². The molecule has 1 aliphatic rings. The lowest BCUT2D eigenvalue weighted by atomic mass is 10.2. The molecule has 30 heavy (non-hydrogen) atoms. The van der Waals surface area contributed by atoms with Gasteiger partial charge in [0.25, 0.3) is 0 Å². The standard InChI is InChI=1S/C21H23ClF2N4O2/c1-14(21(30)26-19-6-5-16(24)12-18(19)22)28-9-7-27(8-10-28)13-20(29)25-17-4-2-3-15(23)11-17/h2-6,11-12,14H,7-10,13H2,1H3,(H,25,29)(H,26,30)/t14-/m0/s1. The van der Waals surface area contributed by atoms with Crippen LogP contribution in [0.5, 0.6) is 0 Å². The van der Waals surface area contributed by atoms with Gasteiger partial charge in [-0.3, -0.25) is 19.4 Å². The molecule has 6 nitrogen and oxygen atoms in total. The van der Waals surface area contributed by atoms with Gasteiger partial charge in [0.1, 0.15) is 11.6 Å². The summed E-state index contributed by atoms with van der Waals surface area (Å²) in [5.74, 6) is -1.33. The number of halogens is 3. The van der Waals surface area contributed by atoms with E-state index < -0.39 is 17.7 Å². The molecule has 1 heterocycles. The third kappa shape index (κ3) is 5.98. The maximum absolute atomic E-state index is 13.2. The van der Waals surface area contributed by atoms with Gasteiger partial charge in [0.05, 0.1) is 23.3 Å². The van der Waals surface area contributed by atoms with Crippen LogP contribution in [0.4, 0.5) is 20.2 Å². The zero-order valence-electron chi connectivity index (χ0n) is 16.5. The monoisotopic (exact) mass is 436 g/mol. The molecular formula is C21H23ClF2N4O2. The highest BCUT2D eigenvalue weighted by atomic mass is 35.5. The van der Waals surface area contributed by atoms with Gasteiger partial charge in [-0.15, -0.1) is 0 Å². The molecule has 0 aromatic heterocycles. The smallest absolute Gasteiger partial charge is 0.241 e. The van der Waals surface area contributed by atoms with Gasteiger partial charge in [-0.25, -0.2) is 8.78 Å². The van der Waals surface area contributed by atoms with Gasteiger partial charge in [-0.2, -0.15) is 0 Å². The topological polar surface area (TPSA) is 64.7 Å². The average molecular weight is 437 g/mol. The molecule has 2 aromatic carbocycles. The zero-order chi connectivity index (χ0) is 21.7. The molecule has 0 bridgehead atoms. The molecule has 1 aliphatic heterocycles. The van der Waals surface area contributed by atoms with Gasteiger partial charge in [0.15, 0.2) is 0 Å². The molecule has 0 unspecified atom stereocenters. The Morgan fingerprint density at radius 1 is 1.03 bits per heavy atom. The number of nitrogens with zero attached hydrogens (tertiary/aromatic N) is 2. The SMILES string of the molecule is C[C@@H](C(=O)Nc1ccc(F)cc1Cl)N1CCN(CC(=O)Nc2cccc(F)c2)CC1. The number of carbonyl (C=O) groups excluding carboxylic acids is 2. The van der Waals surface area contributed by atoms with Crippen LogP contribution in [-0.4, -0.2) is 60.4 Å². The van der Waals surface area contributed by atoms with Crippen LogP contribution in [-0.2, 0) is 9.59 Å². The maximum atomic E-state index is 13.2. The first-order chi connectivity index (χ1) is 14.3. The van der Waals surface area contributed by atoms with Crippen molar-refractivity contribution < 1.29 is 18.4 Å². The maximum Gasteiger partial charge on any atom is 0.241 e. The second kappa shape index (κ2) is 9.97. The number of amides is 2. The van der Waals surface area contributed by atoms with Crippen LogP contribution < -0.4 is 10.6 Å². The summed E-state index contributed by atoms with van der Waals surface area (Å²) in [7, 11) is 0. The molecule has 0 spiro atoms. The number of piperazine rings is 1. The minimum absolute atomic E-state index is 0.143. The lowest BCUT2D eigenvalue weighted by Gasteiger charge is -2.37. The number of hydrogen-bond acceptors (Lipinski definition) is 4. The van der Waals surface area contributed by atoms with E-state index in [0.717, 1.165) is 6.07 Å². The molecule has 1 fully saturated rings. The van der Waals surface area contributed by atoms with Crippen molar-refractivity contribution in [3.63, 3.8) is 0 Å². The Morgan fingerprint density at radius 2 is 1.73 bits per heavy atom. The highest BCUT2D eigenvalue weighted by molar-refractivity contribution is 6.33. The Kier molecular flexibility index (Phi) is 7.36. The van der Waals surface area contributed by atoms with Gasteiger partial charge in [-0.05, 0) is 43.3 Å². The van der Waals surface area contributed by atoms with Crippen molar-refractivity contribution in [3.05, 3.63) is 59.1 Å². The largest absolute Gasteiger partial charge is 0.325 e.